The van der Waals surface area contributed by atoms with Crippen molar-refractivity contribution in [2.24, 2.45) is 45.5 Å². The normalized spacial score (nSPS) is 24.9. The predicted molar refractivity (Wildman–Crippen MR) is 286 cm³/mol. The first-order valence-corrected chi connectivity index (χ1v) is 31.5. The van der Waals surface area contributed by atoms with E-state index in [1.807, 2.05) is 12.2 Å². The minimum atomic E-state index is -3.92. The molecule has 410 valence electrons. The van der Waals surface area contributed by atoms with E-state index in [1.165, 1.54) is 79.7 Å². The zero-order chi connectivity index (χ0) is 54.9. The van der Waals surface area contributed by atoms with E-state index < -0.39 is 40.5 Å². The molecule has 2 saturated heterocycles. The van der Waals surface area contributed by atoms with Crippen LogP contribution in [0.15, 0.2) is 165 Å². The molecule has 10 rings (SSSR count). The molecule has 0 aromatic carbocycles. The van der Waals surface area contributed by atoms with Crippen LogP contribution in [0, 0.1) is 35.5 Å². The molecule has 0 aromatic heterocycles. The summed E-state index contributed by atoms with van der Waals surface area (Å²) in [6.07, 6.45) is 48.9. The number of likely N-dealkylation sites (tertiary alicyclic amines) is 2. The molecule has 0 aromatic rings. The van der Waals surface area contributed by atoms with Crippen LogP contribution in [0.25, 0.3) is 0 Å². The van der Waals surface area contributed by atoms with E-state index in [2.05, 4.69) is 118 Å². The van der Waals surface area contributed by atoms with Gasteiger partial charge in [0.2, 0.25) is 0 Å². The summed E-state index contributed by atoms with van der Waals surface area (Å²) >= 11 is 0. The molecule has 0 saturated carbocycles. The molecule has 10 aliphatic rings. The van der Waals surface area contributed by atoms with Crippen LogP contribution >= 0.6 is 0 Å². The summed E-state index contributed by atoms with van der Waals surface area (Å²) in [5.41, 5.74) is 9.90. The third-order valence-electron chi connectivity index (χ3n) is 13.4. The van der Waals surface area contributed by atoms with Crippen LogP contribution in [0.5, 0.6) is 0 Å². The fraction of sp³-hybridized carbons (Fsp3) is 0.451. The average molecular weight is 1120 g/mol. The average Bonchev–Trinajstić information content (AvgIpc) is 3.90. The zero-order valence-electron chi connectivity index (χ0n) is 42.7. The quantitative estimate of drug-likeness (QED) is 0.279. The highest BCUT2D eigenvalue weighted by Gasteiger charge is 2.41. The summed E-state index contributed by atoms with van der Waals surface area (Å²) in [6.45, 7) is 7.00. The topological polar surface area (TPSA) is 279 Å². The summed E-state index contributed by atoms with van der Waals surface area (Å²) in [7, 11) is -11.7. The first-order valence-electron chi connectivity index (χ1n) is 24.1. The number of hydrogen-bond donors (Lipinski definition) is 2. The largest absolute Gasteiger partial charge is 0.748 e. The lowest BCUT2D eigenvalue weighted by Crippen LogP contribution is -2.40. The highest BCUT2D eigenvalue weighted by atomic mass is 32.2. The number of aliphatic imine (C=N–C) groups is 2. The molecule has 20 nitrogen and oxygen atoms in total. The Hall–Kier alpha value is -5.44. The Bertz CT molecular complexity index is 2950. The van der Waals surface area contributed by atoms with Crippen molar-refractivity contribution in [3.8, 4) is 0 Å². The number of nitrogens with zero attached hydrogens (tertiary/aromatic N) is 6. The number of methoxy groups -OCH3 is 2. The van der Waals surface area contributed by atoms with Crippen LogP contribution in [-0.4, -0.2) is 161 Å². The van der Waals surface area contributed by atoms with Gasteiger partial charge in [-0.15, -0.1) is 0 Å². The van der Waals surface area contributed by atoms with Gasteiger partial charge in [-0.05, 0) is 147 Å². The van der Waals surface area contributed by atoms with Gasteiger partial charge >= 0.3 is 0 Å². The summed E-state index contributed by atoms with van der Waals surface area (Å²) in [5.74, 6) is 4.55. The first kappa shape index (κ1) is 58.8. The van der Waals surface area contributed by atoms with Crippen molar-refractivity contribution in [2.75, 3.05) is 78.5 Å². The predicted octanol–water partition coefficient (Wildman–Crippen LogP) is 5.25. The first-order chi connectivity index (χ1) is 35.1. The van der Waals surface area contributed by atoms with Crippen molar-refractivity contribution in [3.05, 3.63) is 155 Å². The smallest absolute Gasteiger partial charge is 0.261 e. The molecule has 4 atom stereocenters. The van der Waals surface area contributed by atoms with Gasteiger partial charge in [0.25, 0.3) is 20.2 Å². The molecule has 0 spiro atoms. The van der Waals surface area contributed by atoms with Crippen molar-refractivity contribution in [3.63, 3.8) is 0 Å². The minimum Gasteiger partial charge on any atom is -0.748 e. The van der Waals surface area contributed by atoms with E-state index in [-0.39, 0.29) is 23.7 Å². The molecule has 6 aliphatic heterocycles. The molecule has 75 heavy (non-hydrogen) atoms. The lowest BCUT2D eigenvalue weighted by molar-refractivity contribution is 0.109. The van der Waals surface area contributed by atoms with Crippen molar-refractivity contribution in [2.45, 2.75) is 32.1 Å². The van der Waals surface area contributed by atoms with E-state index in [0.29, 0.717) is 25.0 Å². The van der Waals surface area contributed by atoms with Crippen molar-refractivity contribution >= 4 is 51.9 Å². The van der Waals surface area contributed by atoms with Crippen molar-refractivity contribution in [1.82, 2.24) is 19.6 Å². The summed E-state index contributed by atoms with van der Waals surface area (Å²) < 4.78 is 117. The second-order valence-corrected chi connectivity index (χ2v) is 25.0. The lowest BCUT2D eigenvalue weighted by atomic mass is 9.76. The van der Waals surface area contributed by atoms with Crippen LogP contribution < -0.4 is 0 Å². The van der Waals surface area contributed by atoms with Gasteiger partial charge in [0, 0.05) is 116 Å². The molecule has 0 amide bonds. The van der Waals surface area contributed by atoms with Gasteiger partial charge in [-0.25, -0.2) is 16.8 Å². The fourth-order valence-corrected chi connectivity index (χ4v) is 10.4. The maximum atomic E-state index is 9.19. The Balaban J connectivity index is 0.000000392. The highest BCUT2D eigenvalue weighted by molar-refractivity contribution is 7.85. The Morgan fingerprint density at radius 1 is 0.600 bits per heavy atom. The summed E-state index contributed by atoms with van der Waals surface area (Å²) in [6, 6.07) is 0. The van der Waals surface area contributed by atoms with Crippen molar-refractivity contribution in [1.29, 1.82) is 0 Å². The molecular formula is C51H66N6O14S4-2. The van der Waals surface area contributed by atoms with Crippen LogP contribution in [0.3, 0.4) is 0 Å². The molecule has 2 fully saturated rings. The summed E-state index contributed by atoms with van der Waals surface area (Å²) in [4.78, 5) is 19.8. The Morgan fingerprint density at radius 3 is 1.48 bits per heavy atom. The van der Waals surface area contributed by atoms with Crippen LogP contribution in [-0.2, 0) is 49.9 Å². The molecular weight excluding hydrogens is 1050 g/mol. The molecule has 4 aliphatic carbocycles. The minimum absolute atomic E-state index is 0.226. The molecule has 24 heteroatoms. The Labute approximate surface area is 442 Å². The van der Waals surface area contributed by atoms with E-state index in [4.69, 9.17) is 54.5 Å². The van der Waals surface area contributed by atoms with Gasteiger partial charge in [-0.1, -0.05) is 12.2 Å². The molecule has 6 heterocycles. The van der Waals surface area contributed by atoms with Crippen LogP contribution in [0.1, 0.15) is 32.1 Å². The van der Waals surface area contributed by atoms with Crippen molar-refractivity contribution < 1.29 is 61.4 Å². The van der Waals surface area contributed by atoms with Gasteiger partial charge in [0.15, 0.2) is 0 Å². The Morgan fingerprint density at radius 2 is 1.03 bits per heavy atom. The monoisotopic (exact) mass is 1110 g/mol. The number of ether oxygens (including phenoxy) is 2. The third kappa shape index (κ3) is 18.7. The molecule has 4 unspecified atom stereocenters. The fourth-order valence-electron chi connectivity index (χ4n) is 10.4. The maximum absolute atomic E-state index is 9.19. The Kier molecular flexibility index (Phi) is 19.7. The molecule has 0 radical (unpaired) electrons. The number of rotatable bonds is 9. The number of piperidine rings is 2. The van der Waals surface area contributed by atoms with E-state index >= 15 is 0 Å². The SMILES string of the molecule is COC1=CC2C(=NC3=CC=C4C=CN(/C=C/N5CCC(C6CCN(CCCN7C=CC8=CC=C9N=C%10C=CC(OC)=CC%10C9C8=C7)CC6)CC5)C=C4C32)C=C1.CS(=O)(=O)O.CS(=O)(=O)O.CS(=O)(=O)[O-].CS(=O)(=O)[O-]. The van der Waals surface area contributed by atoms with Gasteiger partial charge < -0.3 is 38.2 Å². The highest BCUT2D eigenvalue weighted by Crippen LogP contribution is 2.47. The molecule has 2 N–H and O–H groups in total. The molecule has 0 bridgehead atoms. The number of fused-ring (bicyclic) bond motifs is 10. The summed E-state index contributed by atoms with van der Waals surface area (Å²) in [5, 5.41) is 0. The van der Waals surface area contributed by atoms with E-state index in [0.717, 1.165) is 60.1 Å². The van der Waals surface area contributed by atoms with Crippen LogP contribution in [0.4, 0.5) is 0 Å². The number of allylic oxidation sites excluding steroid dienone is 16. The third-order valence-corrected chi connectivity index (χ3v) is 13.4. The lowest BCUT2D eigenvalue weighted by Gasteiger charge is -2.40. The zero-order valence-corrected chi connectivity index (χ0v) is 46.0. The second-order valence-electron chi connectivity index (χ2n) is 19.3. The maximum Gasteiger partial charge on any atom is 0.261 e. The number of hydrogen-bond acceptors (Lipinski definition) is 18. The van der Waals surface area contributed by atoms with Gasteiger partial charge in [-0.2, -0.15) is 16.8 Å². The standard InChI is InChI=1S/C47H52N6O2.4CH4O3S/c1-54-36-6-10-42-38(28-36)46-40-30-52(24-16-34(40)4-8-44(46)48-42)19-3-18-50-20-12-32(13-21-50)33-14-22-51(23-15-33)26-27-53-25-17-35-5-9-45-47(41(35)31-53)39-29-37(55-2)7-11-43(39)49-45;4*1-5(2,3)4/h4-11,16-17,24-33,38-39,46-47H,3,12-15,18-23H2,1-2H3;4*1H3,(H,2,3,4)/p-2/b27-26+;;;;. The van der Waals surface area contributed by atoms with Gasteiger partial charge in [0.05, 0.1) is 47.0 Å². The van der Waals surface area contributed by atoms with E-state index in [1.54, 1.807) is 14.2 Å². The van der Waals surface area contributed by atoms with Gasteiger partial charge in [-0.3, -0.25) is 19.1 Å². The second kappa shape index (κ2) is 25.1. The van der Waals surface area contributed by atoms with Crippen LogP contribution in [0.2, 0.25) is 0 Å². The van der Waals surface area contributed by atoms with Gasteiger partial charge in [0.1, 0.15) is 11.5 Å². The van der Waals surface area contributed by atoms with E-state index in [9.17, 15) is 16.8 Å².